The molecular formula is C13H14FN3O4S2. The first-order valence-corrected chi connectivity index (χ1v) is 9.29. The molecule has 124 valence electrons. The normalized spacial score (nSPS) is 18.0. The van der Waals surface area contributed by atoms with Crippen molar-refractivity contribution in [3.8, 4) is 0 Å². The first-order chi connectivity index (χ1) is 10.9. The van der Waals surface area contributed by atoms with Crippen LogP contribution in [0.25, 0.3) is 0 Å². The highest BCUT2D eigenvalue weighted by Crippen LogP contribution is 2.14. The lowest BCUT2D eigenvalue weighted by Gasteiger charge is -2.16. The van der Waals surface area contributed by atoms with Crippen LogP contribution in [0, 0.1) is 5.82 Å². The van der Waals surface area contributed by atoms with E-state index < -0.39 is 27.2 Å². The van der Waals surface area contributed by atoms with Crippen LogP contribution < -0.4 is 10.0 Å². The van der Waals surface area contributed by atoms with Crippen molar-refractivity contribution in [1.82, 2.24) is 10.0 Å². The average Bonchev–Trinajstić information content (AvgIpc) is 2.48. The van der Waals surface area contributed by atoms with E-state index in [1.165, 1.54) is 17.8 Å². The molecule has 1 aliphatic heterocycles. The highest BCUT2D eigenvalue weighted by molar-refractivity contribution is 7.98. The lowest BCUT2D eigenvalue weighted by molar-refractivity contribution is -0.118. The summed E-state index contributed by atoms with van der Waals surface area (Å²) in [4.78, 5) is 25.6. The van der Waals surface area contributed by atoms with Gasteiger partial charge in [-0.3, -0.25) is 10.1 Å². The number of sulfonamides is 1. The highest BCUT2D eigenvalue weighted by atomic mass is 32.2. The smallest absolute Gasteiger partial charge is 0.275 e. The van der Waals surface area contributed by atoms with Crippen LogP contribution in [0.5, 0.6) is 0 Å². The van der Waals surface area contributed by atoms with E-state index in [9.17, 15) is 22.4 Å². The molecule has 23 heavy (non-hydrogen) atoms. The summed E-state index contributed by atoms with van der Waals surface area (Å²) >= 11 is 1.35. The molecule has 0 radical (unpaired) electrons. The van der Waals surface area contributed by atoms with E-state index >= 15 is 0 Å². The molecule has 0 spiro atoms. The van der Waals surface area contributed by atoms with Crippen molar-refractivity contribution < 1.29 is 22.4 Å². The predicted molar refractivity (Wildman–Crippen MR) is 85.3 cm³/mol. The SMILES string of the molecule is O=C1N=CC(S(=O)(=O)NCCSCc2ccccc2F)C(=O)N1. The second-order valence-electron chi connectivity index (χ2n) is 4.58. The molecule has 0 aromatic heterocycles. The third kappa shape index (κ3) is 4.85. The van der Waals surface area contributed by atoms with Crippen molar-refractivity contribution in [3.63, 3.8) is 0 Å². The van der Waals surface area contributed by atoms with E-state index in [-0.39, 0.29) is 12.4 Å². The Morgan fingerprint density at radius 3 is 2.74 bits per heavy atom. The topological polar surface area (TPSA) is 105 Å². The summed E-state index contributed by atoms with van der Waals surface area (Å²) in [7, 11) is -3.96. The van der Waals surface area contributed by atoms with Crippen LogP contribution in [-0.4, -0.2) is 44.1 Å². The standard InChI is InChI=1S/C13H14FN3O4S2/c14-10-4-2-1-3-9(10)8-22-6-5-16-23(20,21)11-7-15-13(19)17-12(11)18/h1-4,7,11,16H,5-6,8H2,(H,17,18,19). The minimum Gasteiger partial charge on any atom is -0.275 e. The summed E-state index contributed by atoms with van der Waals surface area (Å²) in [6.45, 7) is 0.0764. The Morgan fingerprint density at radius 2 is 2.04 bits per heavy atom. The van der Waals surface area contributed by atoms with Crippen molar-refractivity contribution in [2.24, 2.45) is 4.99 Å². The number of amides is 3. The van der Waals surface area contributed by atoms with Crippen molar-refractivity contribution in [3.05, 3.63) is 35.6 Å². The van der Waals surface area contributed by atoms with Gasteiger partial charge in [0.15, 0.2) is 5.25 Å². The first kappa shape index (κ1) is 17.6. The molecule has 3 amide bonds. The summed E-state index contributed by atoms with van der Waals surface area (Å²) < 4.78 is 39.6. The van der Waals surface area contributed by atoms with Gasteiger partial charge in [-0.15, -0.1) is 0 Å². The van der Waals surface area contributed by atoms with Gasteiger partial charge < -0.3 is 0 Å². The number of hydrogen-bond donors (Lipinski definition) is 2. The van der Waals surface area contributed by atoms with E-state index in [2.05, 4.69) is 9.71 Å². The molecule has 1 atom stereocenters. The molecule has 0 saturated heterocycles. The number of urea groups is 1. The quantitative estimate of drug-likeness (QED) is 0.696. The third-order valence-corrected chi connectivity index (χ3v) is 5.53. The minimum absolute atomic E-state index is 0.0764. The van der Waals surface area contributed by atoms with Gasteiger partial charge in [0.05, 0.1) is 0 Å². The van der Waals surface area contributed by atoms with Crippen LogP contribution in [0.3, 0.4) is 0 Å². The number of thioether (sulfide) groups is 1. The maximum atomic E-state index is 13.4. The van der Waals surface area contributed by atoms with Gasteiger partial charge in [-0.1, -0.05) is 18.2 Å². The number of imide groups is 1. The number of halogens is 1. The summed E-state index contributed by atoms with van der Waals surface area (Å²) in [5, 5.41) is 0.292. The van der Waals surface area contributed by atoms with Gasteiger partial charge in [-0.2, -0.15) is 11.8 Å². The molecular weight excluding hydrogens is 345 g/mol. The lowest BCUT2D eigenvalue weighted by Crippen LogP contribution is -2.50. The van der Waals surface area contributed by atoms with Gasteiger partial charge in [0.1, 0.15) is 5.82 Å². The Hall–Kier alpha value is -1.78. The molecule has 10 heteroatoms. The maximum absolute atomic E-state index is 13.4. The number of benzene rings is 1. The van der Waals surface area contributed by atoms with Gasteiger partial charge in [0.25, 0.3) is 5.91 Å². The van der Waals surface area contributed by atoms with E-state index in [1.807, 2.05) is 5.32 Å². The molecule has 1 unspecified atom stereocenters. The molecule has 1 aromatic rings. The number of carbonyl (C=O) groups is 2. The number of hydrogen-bond acceptors (Lipinski definition) is 5. The molecule has 0 aliphatic carbocycles. The fraction of sp³-hybridized carbons (Fsp3) is 0.308. The molecule has 1 aliphatic rings. The maximum Gasteiger partial charge on any atom is 0.347 e. The Kier molecular flexibility index (Phi) is 5.85. The van der Waals surface area contributed by atoms with Crippen LogP contribution in [0.2, 0.25) is 0 Å². The zero-order valence-corrected chi connectivity index (χ0v) is 13.5. The third-order valence-electron chi connectivity index (χ3n) is 2.92. The minimum atomic E-state index is -3.96. The summed E-state index contributed by atoms with van der Waals surface area (Å²) in [5.74, 6) is -0.427. The largest absolute Gasteiger partial charge is 0.347 e. The number of nitrogens with zero attached hydrogens (tertiary/aromatic N) is 1. The average molecular weight is 359 g/mol. The Bertz CT molecular complexity index is 736. The van der Waals surface area contributed by atoms with Gasteiger partial charge >= 0.3 is 6.03 Å². The molecule has 7 nitrogen and oxygen atoms in total. The molecule has 0 saturated carbocycles. The second-order valence-corrected chi connectivity index (χ2v) is 7.57. The van der Waals surface area contributed by atoms with Gasteiger partial charge in [-0.05, 0) is 11.6 Å². The first-order valence-electron chi connectivity index (χ1n) is 6.59. The Morgan fingerprint density at radius 1 is 1.30 bits per heavy atom. The molecule has 0 fully saturated rings. The Labute approximate surface area is 136 Å². The van der Waals surface area contributed by atoms with Crippen LogP contribution in [-0.2, 0) is 20.6 Å². The van der Waals surface area contributed by atoms with E-state index in [1.54, 1.807) is 18.2 Å². The van der Waals surface area contributed by atoms with Crippen LogP contribution >= 0.6 is 11.8 Å². The van der Waals surface area contributed by atoms with E-state index in [0.717, 1.165) is 6.21 Å². The molecule has 1 aromatic carbocycles. The van der Waals surface area contributed by atoms with Crippen LogP contribution in [0.15, 0.2) is 29.3 Å². The van der Waals surface area contributed by atoms with Crippen molar-refractivity contribution in [2.75, 3.05) is 12.3 Å². The number of aliphatic imine (C=N–C) groups is 1. The van der Waals surface area contributed by atoms with Crippen LogP contribution in [0.4, 0.5) is 9.18 Å². The fourth-order valence-electron chi connectivity index (χ4n) is 1.78. The molecule has 2 rings (SSSR count). The second kappa shape index (κ2) is 7.66. The summed E-state index contributed by atoms with van der Waals surface area (Å²) in [5.41, 5.74) is 0.540. The van der Waals surface area contributed by atoms with Gasteiger partial charge in [0.2, 0.25) is 10.0 Å². The van der Waals surface area contributed by atoms with Crippen molar-refractivity contribution >= 4 is 39.9 Å². The molecule has 2 N–H and O–H groups in total. The van der Waals surface area contributed by atoms with Gasteiger partial charge in [-0.25, -0.2) is 27.3 Å². The van der Waals surface area contributed by atoms with Gasteiger partial charge in [0, 0.05) is 24.3 Å². The number of carbonyl (C=O) groups excluding carboxylic acids is 2. The molecule has 1 heterocycles. The fourth-order valence-corrected chi connectivity index (χ4v) is 3.88. The monoisotopic (exact) mass is 359 g/mol. The lowest BCUT2D eigenvalue weighted by atomic mass is 10.2. The summed E-state index contributed by atoms with van der Waals surface area (Å²) in [6.07, 6.45) is 0.802. The Balaban J connectivity index is 1.79. The number of rotatable bonds is 7. The highest BCUT2D eigenvalue weighted by Gasteiger charge is 2.34. The zero-order chi connectivity index (χ0) is 16.9. The van der Waals surface area contributed by atoms with Crippen molar-refractivity contribution in [1.29, 1.82) is 0 Å². The number of nitrogens with one attached hydrogen (secondary N) is 2. The predicted octanol–water partition coefficient (Wildman–Crippen LogP) is 0.667. The van der Waals surface area contributed by atoms with Crippen LogP contribution in [0.1, 0.15) is 5.56 Å². The molecule has 0 bridgehead atoms. The van der Waals surface area contributed by atoms with E-state index in [0.29, 0.717) is 17.1 Å². The zero-order valence-electron chi connectivity index (χ0n) is 11.9. The van der Waals surface area contributed by atoms with E-state index in [4.69, 9.17) is 0 Å². The summed E-state index contributed by atoms with van der Waals surface area (Å²) in [6, 6.07) is 5.46. The van der Waals surface area contributed by atoms with Crippen molar-refractivity contribution in [2.45, 2.75) is 11.0 Å².